The molecule has 1 saturated heterocycles. The average molecular weight is 292 g/mol. The zero-order valence-electron chi connectivity index (χ0n) is 5.82. The average Bonchev–Trinajstić information content (AvgIpc) is 2.13. The lowest BCUT2D eigenvalue weighted by atomic mass is 10.1. The molecule has 6 heteroatoms. The third-order valence-electron chi connectivity index (χ3n) is 1.58. The predicted octanol–water partition coefficient (Wildman–Crippen LogP) is -0.227. The number of halogens is 2. The van der Waals surface area contributed by atoms with Gasteiger partial charge in [0.15, 0.2) is 0 Å². The number of carboxylic acids is 1. The molecule has 68 valence electrons. The van der Waals surface area contributed by atoms with Crippen LogP contribution in [0.2, 0.25) is 0 Å². The highest BCUT2D eigenvalue weighted by atomic mass is 79.9. The van der Waals surface area contributed by atoms with Gasteiger partial charge in [0, 0.05) is 19.1 Å². The molecule has 1 rings (SSSR count). The summed E-state index contributed by atoms with van der Waals surface area (Å²) in [6, 6.07) is -0.206. The number of carboxylic acid groups (broad SMARTS) is 1. The second-order valence-corrected chi connectivity index (χ2v) is 2.27. The van der Waals surface area contributed by atoms with Crippen LogP contribution in [0, 0.1) is 5.92 Å². The Bertz CT molecular complexity index is 134. The zero-order chi connectivity index (χ0) is 6.85. The van der Waals surface area contributed by atoms with Gasteiger partial charge in [-0.2, -0.15) is 0 Å². The number of carbonyl (C=O) groups is 1. The summed E-state index contributed by atoms with van der Waals surface area (Å²) >= 11 is 0. The summed E-state index contributed by atoms with van der Waals surface area (Å²) in [4.78, 5) is 10.3. The summed E-state index contributed by atoms with van der Waals surface area (Å²) in [5.74, 6) is -1.18. The minimum atomic E-state index is -0.799. The molecule has 0 aromatic heterocycles. The quantitative estimate of drug-likeness (QED) is 0.624. The van der Waals surface area contributed by atoms with Gasteiger partial charge >= 0.3 is 5.97 Å². The van der Waals surface area contributed by atoms with Crippen LogP contribution in [-0.2, 0) is 4.79 Å². The van der Waals surface area contributed by atoms with Crippen molar-refractivity contribution >= 4 is 39.9 Å². The van der Waals surface area contributed by atoms with Crippen LogP contribution >= 0.6 is 34.0 Å². The van der Waals surface area contributed by atoms with Gasteiger partial charge in [-0.15, -0.1) is 34.0 Å². The van der Waals surface area contributed by atoms with Crippen molar-refractivity contribution in [2.75, 3.05) is 13.1 Å². The largest absolute Gasteiger partial charge is 0.481 e. The van der Waals surface area contributed by atoms with Gasteiger partial charge < -0.3 is 16.2 Å². The number of nitrogens with two attached hydrogens (primary N) is 1. The van der Waals surface area contributed by atoms with Crippen LogP contribution in [0.4, 0.5) is 0 Å². The SMILES string of the molecule is Br.Br.NC1CNCC1C(=O)O. The molecule has 0 radical (unpaired) electrons. The summed E-state index contributed by atoms with van der Waals surface area (Å²) in [5.41, 5.74) is 5.44. The smallest absolute Gasteiger partial charge is 0.309 e. The lowest BCUT2D eigenvalue weighted by Crippen LogP contribution is -2.33. The molecule has 1 heterocycles. The molecule has 0 bridgehead atoms. The third kappa shape index (κ3) is 3.50. The number of hydrogen-bond acceptors (Lipinski definition) is 3. The van der Waals surface area contributed by atoms with E-state index in [1.54, 1.807) is 0 Å². The third-order valence-corrected chi connectivity index (χ3v) is 1.58. The van der Waals surface area contributed by atoms with Crippen LogP contribution in [0.5, 0.6) is 0 Å². The molecule has 11 heavy (non-hydrogen) atoms. The van der Waals surface area contributed by atoms with Gasteiger partial charge in [0.05, 0.1) is 5.92 Å². The first-order chi connectivity index (χ1) is 4.22. The molecule has 2 unspecified atom stereocenters. The van der Waals surface area contributed by atoms with Crippen molar-refractivity contribution in [2.45, 2.75) is 6.04 Å². The van der Waals surface area contributed by atoms with E-state index in [0.717, 1.165) is 0 Å². The Morgan fingerprint density at radius 1 is 1.45 bits per heavy atom. The number of rotatable bonds is 1. The van der Waals surface area contributed by atoms with Crippen LogP contribution in [0.15, 0.2) is 0 Å². The summed E-state index contributed by atoms with van der Waals surface area (Å²) in [5, 5.41) is 11.4. The number of hydrogen-bond donors (Lipinski definition) is 3. The summed E-state index contributed by atoms with van der Waals surface area (Å²) in [7, 11) is 0. The monoisotopic (exact) mass is 290 g/mol. The normalized spacial score (nSPS) is 28.5. The fourth-order valence-corrected chi connectivity index (χ4v) is 0.970. The fourth-order valence-electron chi connectivity index (χ4n) is 0.970. The molecule has 0 aromatic carbocycles. The van der Waals surface area contributed by atoms with Gasteiger partial charge in [-0.3, -0.25) is 4.79 Å². The predicted molar refractivity (Wildman–Crippen MR) is 52.6 cm³/mol. The molecule has 1 aliphatic rings. The summed E-state index contributed by atoms with van der Waals surface area (Å²) < 4.78 is 0. The van der Waals surface area contributed by atoms with Crippen LogP contribution in [0.25, 0.3) is 0 Å². The van der Waals surface area contributed by atoms with Crippen molar-refractivity contribution in [3.8, 4) is 0 Å². The highest BCUT2D eigenvalue weighted by Crippen LogP contribution is 2.05. The van der Waals surface area contributed by atoms with Gasteiger partial charge in [0.1, 0.15) is 0 Å². The topological polar surface area (TPSA) is 75.3 Å². The molecule has 0 aromatic rings. The first-order valence-electron chi connectivity index (χ1n) is 2.91. The van der Waals surface area contributed by atoms with Crippen molar-refractivity contribution in [3.05, 3.63) is 0 Å². The Morgan fingerprint density at radius 3 is 2.18 bits per heavy atom. The Labute approximate surface area is 86.1 Å². The molecule has 0 spiro atoms. The van der Waals surface area contributed by atoms with E-state index in [2.05, 4.69) is 5.32 Å². The van der Waals surface area contributed by atoms with E-state index >= 15 is 0 Å². The number of nitrogens with one attached hydrogen (secondary N) is 1. The lowest BCUT2D eigenvalue weighted by Gasteiger charge is -2.06. The van der Waals surface area contributed by atoms with E-state index in [4.69, 9.17) is 10.8 Å². The molecule has 2 atom stereocenters. The lowest BCUT2D eigenvalue weighted by molar-refractivity contribution is -0.141. The summed E-state index contributed by atoms with van der Waals surface area (Å²) in [6.07, 6.45) is 0. The highest BCUT2D eigenvalue weighted by Gasteiger charge is 2.29. The first-order valence-corrected chi connectivity index (χ1v) is 2.91. The summed E-state index contributed by atoms with van der Waals surface area (Å²) in [6.45, 7) is 1.13. The van der Waals surface area contributed by atoms with Crippen LogP contribution in [-0.4, -0.2) is 30.2 Å². The van der Waals surface area contributed by atoms with Crippen molar-refractivity contribution < 1.29 is 9.90 Å². The van der Waals surface area contributed by atoms with Crippen LogP contribution in [0.1, 0.15) is 0 Å². The molecule has 1 fully saturated rings. The molecule has 4 N–H and O–H groups in total. The van der Waals surface area contributed by atoms with E-state index in [1.807, 2.05) is 0 Å². The van der Waals surface area contributed by atoms with Gasteiger partial charge in [-0.1, -0.05) is 0 Å². The van der Waals surface area contributed by atoms with Crippen molar-refractivity contribution in [2.24, 2.45) is 11.7 Å². The second kappa shape index (κ2) is 5.93. The molecule has 0 amide bonds. The maximum absolute atomic E-state index is 10.3. The molecule has 4 nitrogen and oxygen atoms in total. The van der Waals surface area contributed by atoms with Crippen LogP contribution in [0.3, 0.4) is 0 Å². The molecular weight excluding hydrogens is 280 g/mol. The highest BCUT2D eigenvalue weighted by molar-refractivity contribution is 8.93. The van der Waals surface area contributed by atoms with Crippen molar-refractivity contribution in [1.82, 2.24) is 5.32 Å². The zero-order valence-corrected chi connectivity index (χ0v) is 9.24. The van der Waals surface area contributed by atoms with E-state index in [0.29, 0.717) is 13.1 Å². The van der Waals surface area contributed by atoms with Gasteiger partial charge in [0.25, 0.3) is 0 Å². The maximum Gasteiger partial charge on any atom is 0.309 e. The van der Waals surface area contributed by atoms with Gasteiger partial charge in [0.2, 0.25) is 0 Å². The van der Waals surface area contributed by atoms with Gasteiger partial charge in [-0.05, 0) is 0 Å². The Balaban J connectivity index is 0. The van der Waals surface area contributed by atoms with E-state index < -0.39 is 5.97 Å². The van der Waals surface area contributed by atoms with Crippen molar-refractivity contribution in [3.63, 3.8) is 0 Å². The minimum absolute atomic E-state index is 0. The Morgan fingerprint density at radius 2 is 2.00 bits per heavy atom. The Hall–Kier alpha value is 0.350. The van der Waals surface area contributed by atoms with E-state index in [9.17, 15) is 4.79 Å². The van der Waals surface area contributed by atoms with Crippen molar-refractivity contribution in [1.29, 1.82) is 0 Å². The maximum atomic E-state index is 10.3. The molecule has 0 aliphatic carbocycles. The Kier molecular flexibility index (Phi) is 7.50. The molecule has 1 aliphatic heterocycles. The first kappa shape index (κ1) is 13.9. The fraction of sp³-hybridized carbons (Fsp3) is 0.800. The molecular formula is C5H12Br2N2O2. The van der Waals surface area contributed by atoms with E-state index in [-0.39, 0.29) is 45.9 Å². The minimum Gasteiger partial charge on any atom is -0.481 e. The van der Waals surface area contributed by atoms with Crippen LogP contribution < -0.4 is 11.1 Å². The molecule has 0 saturated carbocycles. The second-order valence-electron chi connectivity index (χ2n) is 2.27. The standard InChI is InChI=1S/C5H10N2O2.2BrH/c6-4-2-7-1-3(4)5(8)9;;/h3-4,7H,1-2,6H2,(H,8,9);2*1H. The van der Waals surface area contributed by atoms with E-state index in [1.165, 1.54) is 0 Å². The van der Waals surface area contributed by atoms with Gasteiger partial charge in [-0.25, -0.2) is 0 Å². The number of aliphatic carboxylic acids is 1.